The average Bonchev–Trinajstić information content (AvgIpc) is 2.62. The van der Waals surface area contributed by atoms with Gasteiger partial charge in [0.2, 0.25) is 0 Å². The summed E-state index contributed by atoms with van der Waals surface area (Å²) in [6.07, 6.45) is 6.89. The molecule has 1 heteroatoms. The van der Waals surface area contributed by atoms with Crippen LogP contribution in [0, 0.1) is 5.92 Å². The predicted octanol–water partition coefficient (Wildman–Crippen LogP) is 5.66. The van der Waals surface area contributed by atoms with Gasteiger partial charge in [-0.3, -0.25) is 0 Å². The first-order valence-electron chi connectivity index (χ1n) is 8.70. The molecule has 3 rings (SSSR count). The molecule has 1 unspecified atom stereocenters. The van der Waals surface area contributed by atoms with E-state index < -0.39 is 0 Å². The molecule has 2 atom stereocenters. The molecule has 1 nitrogen and oxygen atoms in total. The third-order valence-corrected chi connectivity index (χ3v) is 5.01. The van der Waals surface area contributed by atoms with Gasteiger partial charge in [-0.05, 0) is 36.8 Å². The van der Waals surface area contributed by atoms with Crippen molar-refractivity contribution in [2.75, 3.05) is 0 Å². The molecule has 0 saturated heterocycles. The number of hydrogen-bond acceptors (Lipinski definition) is 1. The minimum atomic E-state index is 0.383. The van der Waals surface area contributed by atoms with Crippen molar-refractivity contribution in [3.63, 3.8) is 0 Å². The lowest BCUT2D eigenvalue weighted by Gasteiger charge is -2.33. The van der Waals surface area contributed by atoms with Crippen molar-refractivity contribution in [2.45, 2.75) is 51.1 Å². The van der Waals surface area contributed by atoms with Gasteiger partial charge in [0.05, 0.1) is 0 Å². The normalized spacial score (nSPS) is 18.8. The molecule has 2 aromatic rings. The van der Waals surface area contributed by atoms with E-state index in [1.807, 2.05) is 0 Å². The van der Waals surface area contributed by atoms with Gasteiger partial charge in [0.15, 0.2) is 0 Å². The van der Waals surface area contributed by atoms with Gasteiger partial charge in [-0.25, -0.2) is 0 Å². The first-order valence-corrected chi connectivity index (χ1v) is 8.70. The lowest BCUT2D eigenvalue weighted by atomic mass is 9.80. The molecular formula is C21H27N. The van der Waals surface area contributed by atoms with E-state index in [0.29, 0.717) is 12.1 Å². The first-order chi connectivity index (χ1) is 10.8. The van der Waals surface area contributed by atoms with E-state index in [1.54, 1.807) is 0 Å². The van der Waals surface area contributed by atoms with E-state index in [4.69, 9.17) is 0 Å². The molecule has 1 aliphatic rings. The van der Waals surface area contributed by atoms with Crippen molar-refractivity contribution < 1.29 is 0 Å². The molecule has 2 aromatic carbocycles. The Morgan fingerprint density at radius 2 is 1.32 bits per heavy atom. The minimum absolute atomic E-state index is 0.383. The summed E-state index contributed by atoms with van der Waals surface area (Å²) in [6, 6.07) is 22.7. The van der Waals surface area contributed by atoms with Crippen LogP contribution in [-0.4, -0.2) is 0 Å². The van der Waals surface area contributed by atoms with Crippen LogP contribution in [0.1, 0.15) is 62.2 Å². The fourth-order valence-electron chi connectivity index (χ4n) is 3.74. The van der Waals surface area contributed by atoms with Gasteiger partial charge in [-0.2, -0.15) is 0 Å². The van der Waals surface area contributed by atoms with Crippen LogP contribution in [0.25, 0.3) is 0 Å². The predicted molar refractivity (Wildman–Crippen MR) is 93.8 cm³/mol. The summed E-state index contributed by atoms with van der Waals surface area (Å²) >= 11 is 0. The van der Waals surface area contributed by atoms with Crippen molar-refractivity contribution >= 4 is 0 Å². The molecule has 0 bridgehead atoms. The number of hydrogen-bond donors (Lipinski definition) is 1. The van der Waals surface area contributed by atoms with Crippen LogP contribution in [0.2, 0.25) is 0 Å². The van der Waals surface area contributed by atoms with Crippen LogP contribution in [-0.2, 0) is 0 Å². The highest BCUT2D eigenvalue weighted by Gasteiger charge is 2.26. The third kappa shape index (κ3) is 3.78. The van der Waals surface area contributed by atoms with E-state index in [9.17, 15) is 0 Å². The molecule has 116 valence electrons. The molecule has 0 aromatic heterocycles. The fraction of sp³-hybridized carbons (Fsp3) is 0.429. The molecule has 0 radical (unpaired) electrons. The van der Waals surface area contributed by atoms with Crippen molar-refractivity contribution in [3.8, 4) is 0 Å². The molecule has 1 N–H and O–H groups in total. The monoisotopic (exact) mass is 293 g/mol. The molecule has 0 heterocycles. The number of rotatable bonds is 5. The second-order valence-electron chi connectivity index (χ2n) is 6.59. The van der Waals surface area contributed by atoms with E-state index >= 15 is 0 Å². The summed E-state index contributed by atoms with van der Waals surface area (Å²) in [5.41, 5.74) is 2.82. The molecule has 22 heavy (non-hydrogen) atoms. The Bertz CT molecular complexity index is 543. The highest BCUT2D eigenvalue weighted by molar-refractivity contribution is 5.23. The summed E-state index contributed by atoms with van der Waals surface area (Å²) < 4.78 is 0. The molecule has 0 amide bonds. The topological polar surface area (TPSA) is 12.0 Å². The quantitative estimate of drug-likeness (QED) is 0.750. The van der Waals surface area contributed by atoms with Crippen LogP contribution < -0.4 is 5.32 Å². The summed E-state index contributed by atoms with van der Waals surface area (Å²) in [4.78, 5) is 0. The zero-order chi connectivity index (χ0) is 15.2. The fourth-order valence-corrected chi connectivity index (χ4v) is 3.74. The van der Waals surface area contributed by atoms with E-state index in [1.165, 1.54) is 43.2 Å². The Kier molecular flexibility index (Phi) is 5.29. The van der Waals surface area contributed by atoms with Crippen molar-refractivity contribution in [1.82, 2.24) is 5.32 Å². The summed E-state index contributed by atoms with van der Waals surface area (Å²) in [7, 11) is 0. The Hall–Kier alpha value is -1.60. The number of nitrogens with one attached hydrogen (secondary N) is 1. The molecular weight excluding hydrogens is 266 g/mol. The van der Waals surface area contributed by atoms with Crippen LogP contribution in [0.5, 0.6) is 0 Å². The molecule has 1 fully saturated rings. The van der Waals surface area contributed by atoms with Gasteiger partial charge >= 0.3 is 0 Å². The van der Waals surface area contributed by atoms with E-state index in [-0.39, 0.29) is 0 Å². The minimum Gasteiger partial charge on any atom is -0.303 e. The van der Waals surface area contributed by atoms with Crippen LogP contribution in [0.3, 0.4) is 0 Å². The molecule has 0 aliphatic heterocycles. The Morgan fingerprint density at radius 1 is 0.773 bits per heavy atom. The van der Waals surface area contributed by atoms with Crippen molar-refractivity contribution in [3.05, 3.63) is 71.8 Å². The second-order valence-corrected chi connectivity index (χ2v) is 6.59. The van der Waals surface area contributed by atoms with Gasteiger partial charge in [-0.1, -0.05) is 79.9 Å². The van der Waals surface area contributed by atoms with Crippen LogP contribution in [0.4, 0.5) is 0 Å². The standard InChI is InChI=1S/C21H27N/c1-17(18-11-5-2-6-12-18)22-21(19-13-7-3-8-14-19)20-15-9-4-10-16-20/h2-3,5-8,11-14,17,20-22H,4,9-10,15-16H2,1H3/t17-,21?/m1/s1. The SMILES string of the molecule is C[C@@H](NC(c1ccccc1)C1CCCCC1)c1ccccc1. The van der Waals surface area contributed by atoms with Gasteiger partial charge in [0.25, 0.3) is 0 Å². The second kappa shape index (κ2) is 7.60. The first kappa shape index (κ1) is 15.3. The van der Waals surface area contributed by atoms with E-state index in [0.717, 1.165) is 5.92 Å². The Labute approximate surface area is 134 Å². The summed E-state index contributed by atoms with van der Waals surface area (Å²) in [6.45, 7) is 2.29. The average molecular weight is 293 g/mol. The number of benzene rings is 2. The highest BCUT2D eigenvalue weighted by Crippen LogP contribution is 2.35. The maximum absolute atomic E-state index is 3.92. The lowest BCUT2D eigenvalue weighted by molar-refractivity contribution is 0.257. The largest absolute Gasteiger partial charge is 0.303 e. The molecule has 0 spiro atoms. The Morgan fingerprint density at radius 3 is 1.91 bits per heavy atom. The zero-order valence-electron chi connectivity index (χ0n) is 13.5. The highest BCUT2D eigenvalue weighted by atomic mass is 15.0. The van der Waals surface area contributed by atoms with Crippen LogP contribution >= 0.6 is 0 Å². The lowest BCUT2D eigenvalue weighted by Crippen LogP contribution is -2.31. The summed E-state index contributed by atoms with van der Waals surface area (Å²) in [5.74, 6) is 0.766. The maximum atomic E-state index is 3.92. The zero-order valence-corrected chi connectivity index (χ0v) is 13.5. The van der Waals surface area contributed by atoms with Gasteiger partial charge < -0.3 is 5.32 Å². The van der Waals surface area contributed by atoms with E-state index in [2.05, 4.69) is 72.9 Å². The summed E-state index contributed by atoms with van der Waals surface area (Å²) in [5, 5.41) is 3.92. The molecule has 1 saturated carbocycles. The third-order valence-electron chi connectivity index (χ3n) is 5.01. The Balaban J connectivity index is 1.79. The van der Waals surface area contributed by atoms with Gasteiger partial charge in [0.1, 0.15) is 0 Å². The van der Waals surface area contributed by atoms with Crippen LogP contribution in [0.15, 0.2) is 60.7 Å². The smallest absolute Gasteiger partial charge is 0.0353 e. The molecule has 1 aliphatic carbocycles. The van der Waals surface area contributed by atoms with Crippen molar-refractivity contribution in [1.29, 1.82) is 0 Å². The maximum Gasteiger partial charge on any atom is 0.0353 e. The van der Waals surface area contributed by atoms with Gasteiger partial charge in [-0.15, -0.1) is 0 Å². The van der Waals surface area contributed by atoms with Crippen molar-refractivity contribution in [2.24, 2.45) is 5.92 Å². The van der Waals surface area contributed by atoms with Gasteiger partial charge in [0, 0.05) is 12.1 Å².